The molecule has 3 aromatic rings. The van der Waals surface area contributed by atoms with Crippen molar-refractivity contribution in [3.05, 3.63) is 59.3 Å². The lowest BCUT2D eigenvalue weighted by atomic mass is 9.87. The molecule has 37 heavy (non-hydrogen) atoms. The van der Waals surface area contributed by atoms with Gasteiger partial charge in [0.2, 0.25) is 0 Å². The van der Waals surface area contributed by atoms with Crippen LogP contribution in [0.3, 0.4) is 0 Å². The minimum absolute atomic E-state index is 0.278. The minimum atomic E-state index is -0.315. The zero-order valence-electron chi connectivity index (χ0n) is 22.9. The average Bonchev–Trinajstić information content (AvgIpc) is 3.12. The van der Waals surface area contributed by atoms with E-state index in [2.05, 4.69) is 58.0 Å². The number of nitrogens with zero attached hydrogens (tertiary/aromatic N) is 4. The van der Waals surface area contributed by atoms with Crippen molar-refractivity contribution in [1.29, 1.82) is 0 Å². The molecule has 0 amide bonds. The number of fused-ring (bicyclic) bond motifs is 1. The van der Waals surface area contributed by atoms with Gasteiger partial charge in [0.1, 0.15) is 11.6 Å². The maximum Gasteiger partial charge on any atom is 0.164 e. The van der Waals surface area contributed by atoms with Crippen LogP contribution in [0.5, 0.6) is 0 Å². The zero-order chi connectivity index (χ0) is 25.6. The molecule has 2 fully saturated rings. The van der Waals surface area contributed by atoms with Crippen molar-refractivity contribution in [3.63, 3.8) is 0 Å². The molecule has 5 nitrogen and oxygen atoms in total. The molecule has 3 heterocycles. The predicted molar refractivity (Wildman–Crippen MR) is 147 cm³/mol. The van der Waals surface area contributed by atoms with Crippen LogP contribution in [-0.2, 0) is 15.9 Å². The Morgan fingerprint density at radius 2 is 1.22 bits per heavy atom. The molecule has 0 bridgehead atoms. The minimum Gasteiger partial charge on any atom is -0.360 e. The van der Waals surface area contributed by atoms with Gasteiger partial charge in [0, 0.05) is 29.2 Å². The van der Waals surface area contributed by atoms with Gasteiger partial charge in [-0.2, -0.15) is 0 Å². The summed E-state index contributed by atoms with van der Waals surface area (Å²) >= 11 is 0. The Labute approximate surface area is 221 Å². The molecule has 5 heteroatoms. The highest BCUT2D eigenvalue weighted by Gasteiger charge is 2.42. The van der Waals surface area contributed by atoms with E-state index in [4.69, 9.17) is 24.7 Å². The third-order valence-electron chi connectivity index (χ3n) is 8.76. The third-order valence-corrected chi connectivity index (χ3v) is 8.76. The average molecular weight is 497 g/mol. The van der Waals surface area contributed by atoms with Crippen LogP contribution in [0.25, 0.3) is 22.6 Å². The van der Waals surface area contributed by atoms with E-state index >= 15 is 0 Å². The van der Waals surface area contributed by atoms with Gasteiger partial charge in [0.25, 0.3) is 0 Å². The van der Waals surface area contributed by atoms with Gasteiger partial charge in [-0.05, 0) is 82.7 Å². The summed E-state index contributed by atoms with van der Waals surface area (Å²) in [5.74, 6) is 3.74. The van der Waals surface area contributed by atoms with Crippen molar-refractivity contribution < 1.29 is 4.74 Å². The third kappa shape index (κ3) is 4.83. The van der Waals surface area contributed by atoms with Crippen molar-refractivity contribution in [2.75, 3.05) is 0 Å². The van der Waals surface area contributed by atoms with E-state index in [1.807, 2.05) is 6.20 Å². The molecule has 0 saturated heterocycles. The number of aromatic nitrogens is 4. The highest BCUT2D eigenvalue weighted by atomic mass is 16.5. The van der Waals surface area contributed by atoms with Crippen LogP contribution >= 0.6 is 0 Å². The number of rotatable bonds is 4. The van der Waals surface area contributed by atoms with E-state index in [1.54, 1.807) is 0 Å². The van der Waals surface area contributed by atoms with Gasteiger partial charge in [-0.15, -0.1) is 0 Å². The second kappa shape index (κ2) is 9.58. The lowest BCUT2D eigenvalue weighted by Crippen LogP contribution is -2.22. The number of ether oxygens (including phenoxy) is 1. The molecule has 194 valence electrons. The Hall–Kier alpha value is -2.66. The Balaban J connectivity index is 1.33. The highest BCUT2D eigenvalue weighted by Crippen LogP contribution is 2.47. The second-order valence-corrected chi connectivity index (χ2v) is 12.4. The summed E-state index contributed by atoms with van der Waals surface area (Å²) in [6.07, 6.45) is 14.5. The first-order chi connectivity index (χ1) is 17.8. The van der Waals surface area contributed by atoms with Crippen molar-refractivity contribution in [3.8, 4) is 22.6 Å². The quantitative estimate of drug-likeness (QED) is 0.364. The smallest absolute Gasteiger partial charge is 0.164 e. The molecule has 0 radical (unpaired) electrons. The monoisotopic (exact) mass is 496 g/mol. The fourth-order valence-electron chi connectivity index (χ4n) is 6.80. The van der Waals surface area contributed by atoms with E-state index in [-0.39, 0.29) is 11.2 Å². The van der Waals surface area contributed by atoms with Gasteiger partial charge >= 0.3 is 0 Å². The maximum atomic E-state index is 6.35. The number of hydrogen-bond acceptors (Lipinski definition) is 5. The van der Waals surface area contributed by atoms with E-state index in [1.165, 1.54) is 75.3 Å². The standard InChI is InChI=1S/C32H40N4O/c1-31(2)25-17-15-23(19-26(25)32(3,4)37-31)27-18-16-24(20-33-27)30-35-28(21-11-7-5-8-12-21)34-29(36-30)22-13-9-6-10-14-22/h15-22H,5-14H2,1-4H3. The van der Waals surface area contributed by atoms with Gasteiger partial charge in [-0.25, -0.2) is 15.0 Å². The molecule has 6 rings (SSSR count). The molecule has 1 aromatic carbocycles. The van der Waals surface area contributed by atoms with Crippen LogP contribution < -0.4 is 0 Å². The van der Waals surface area contributed by atoms with E-state index in [0.717, 1.165) is 34.3 Å². The summed E-state index contributed by atoms with van der Waals surface area (Å²) in [6.45, 7) is 8.58. The summed E-state index contributed by atoms with van der Waals surface area (Å²) < 4.78 is 6.35. The molecule has 0 unspecified atom stereocenters. The molecule has 0 spiro atoms. The zero-order valence-corrected chi connectivity index (χ0v) is 22.9. The molecule has 2 aromatic heterocycles. The molecule has 2 aliphatic carbocycles. The van der Waals surface area contributed by atoms with Crippen molar-refractivity contribution >= 4 is 0 Å². The predicted octanol–water partition coefficient (Wildman–Crippen LogP) is 8.20. The molecule has 3 aliphatic rings. The first kappa shape index (κ1) is 24.7. The van der Waals surface area contributed by atoms with E-state index in [0.29, 0.717) is 11.8 Å². The number of benzene rings is 1. The normalized spacial score (nSPS) is 21.6. The fourth-order valence-corrected chi connectivity index (χ4v) is 6.80. The summed E-state index contributed by atoms with van der Waals surface area (Å²) in [5.41, 5.74) is 4.96. The van der Waals surface area contributed by atoms with Crippen LogP contribution in [0.1, 0.15) is 127 Å². The van der Waals surface area contributed by atoms with E-state index in [9.17, 15) is 0 Å². The van der Waals surface area contributed by atoms with Crippen molar-refractivity contribution in [1.82, 2.24) is 19.9 Å². The van der Waals surface area contributed by atoms with Crippen LogP contribution in [0, 0.1) is 0 Å². The maximum absolute atomic E-state index is 6.35. The number of pyridine rings is 1. The first-order valence-corrected chi connectivity index (χ1v) is 14.4. The fraction of sp³-hybridized carbons (Fsp3) is 0.562. The second-order valence-electron chi connectivity index (χ2n) is 12.4. The van der Waals surface area contributed by atoms with Crippen molar-refractivity contribution in [2.45, 2.75) is 115 Å². The molecule has 0 N–H and O–H groups in total. The van der Waals surface area contributed by atoms with Gasteiger partial charge < -0.3 is 4.74 Å². The molecular formula is C32H40N4O. The Morgan fingerprint density at radius 3 is 1.78 bits per heavy atom. The van der Waals surface area contributed by atoms with Crippen LogP contribution in [0.15, 0.2) is 36.5 Å². The van der Waals surface area contributed by atoms with Gasteiger partial charge in [0.15, 0.2) is 5.82 Å². The largest absolute Gasteiger partial charge is 0.360 e. The van der Waals surface area contributed by atoms with E-state index < -0.39 is 0 Å². The molecule has 1 aliphatic heterocycles. The highest BCUT2D eigenvalue weighted by molar-refractivity contribution is 5.65. The topological polar surface area (TPSA) is 60.8 Å². The lowest BCUT2D eigenvalue weighted by molar-refractivity contribution is -0.105. The molecule has 2 saturated carbocycles. The summed E-state index contributed by atoms with van der Waals surface area (Å²) in [4.78, 5) is 20.0. The summed E-state index contributed by atoms with van der Waals surface area (Å²) in [6, 6.07) is 10.9. The lowest BCUT2D eigenvalue weighted by Gasteiger charge is -2.24. The van der Waals surface area contributed by atoms with Crippen molar-refractivity contribution in [2.24, 2.45) is 0 Å². The number of hydrogen-bond donors (Lipinski definition) is 0. The van der Waals surface area contributed by atoms with Gasteiger partial charge in [-0.3, -0.25) is 4.98 Å². The van der Waals surface area contributed by atoms with Gasteiger partial charge in [0.05, 0.1) is 16.9 Å². The van der Waals surface area contributed by atoms with Crippen LogP contribution in [-0.4, -0.2) is 19.9 Å². The van der Waals surface area contributed by atoms with Crippen LogP contribution in [0.4, 0.5) is 0 Å². The first-order valence-electron chi connectivity index (χ1n) is 14.4. The summed E-state index contributed by atoms with van der Waals surface area (Å²) in [7, 11) is 0. The Kier molecular flexibility index (Phi) is 6.38. The molecule has 0 atom stereocenters. The Bertz CT molecular complexity index is 1230. The SMILES string of the molecule is CC1(C)OC(C)(C)c2cc(-c3ccc(-c4nc(C5CCCCC5)nc(C5CCCCC5)n4)cn3)ccc21. The summed E-state index contributed by atoms with van der Waals surface area (Å²) in [5, 5.41) is 0. The molecular weight excluding hydrogens is 456 g/mol. The van der Waals surface area contributed by atoms with Gasteiger partial charge in [-0.1, -0.05) is 50.7 Å². The Morgan fingerprint density at radius 1 is 0.649 bits per heavy atom. The van der Waals surface area contributed by atoms with Crippen LogP contribution in [0.2, 0.25) is 0 Å².